The Balaban J connectivity index is 1.50. The van der Waals surface area contributed by atoms with Crippen molar-refractivity contribution in [1.82, 2.24) is 10.9 Å². The fraction of sp³-hybridized carbons (Fsp3) is 0.833. The van der Waals surface area contributed by atoms with Crippen molar-refractivity contribution in [2.75, 3.05) is 13.2 Å². The van der Waals surface area contributed by atoms with E-state index in [-0.39, 0.29) is 30.5 Å². The van der Waals surface area contributed by atoms with Gasteiger partial charge in [0.25, 0.3) is 0 Å². The van der Waals surface area contributed by atoms with Crippen molar-refractivity contribution in [2.45, 2.75) is 68.6 Å². The van der Waals surface area contributed by atoms with Crippen molar-refractivity contribution in [3.63, 3.8) is 0 Å². The van der Waals surface area contributed by atoms with E-state index in [1.807, 2.05) is 0 Å². The van der Waals surface area contributed by atoms with Gasteiger partial charge in [0.15, 0.2) is 0 Å². The number of carbonyl (C=O) groups is 2. The number of nitrogens with zero attached hydrogens (tertiary/aromatic N) is 1. The van der Waals surface area contributed by atoms with Gasteiger partial charge in [0.1, 0.15) is 19.2 Å². The van der Waals surface area contributed by atoms with Gasteiger partial charge in [0.2, 0.25) is 0 Å². The van der Waals surface area contributed by atoms with Gasteiger partial charge in [0.05, 0.1) is 21.1 Å². The predicted molar refractivity (Wildman–Crippen MR) is 110 cm³/mol. The molecule has 1 aliphatic carbocycles. The third-order valence-corrected chi connectivity index (χ3v) is 6.56. The van der Waals surface area contributed by atoms with Crippen LogP contribution in [0.1, 0.15) is 51.9 Å². The van der Waals surface area contributed by atoms with Crippen LogP contribution in [0.15, 0.2) is 5.10 Å². The normalized spacial score (nSPS) is 35.5. The molecule has 5 unspecified atom stereocenters. The molecule has 0 aromatic rings. The van der Waals surface area contributed by atoms with Crippen LogP contribution in [0, 0.1) is 11.8 Å². The second-order valence-corrected chi connectivity index (χ2v) is 8.46. The van der Waals surface area contributed by atoms with Crippen LogP contribution in [-0.4, -0.2) is 57.5 Å². The number of nitrogens with one attached hydrogen (secondary N) is 2. The van der Waals surface area contributed by atoms with Crippen LogP contribution < -0.4 is 22.4 Å². The topological polar surface area (TPSA) is 141 Å². The van der Waals surface area contributed by atoms with Crippen molar-refractivity contribution in [1.29, 1.82) is 0 Å². The summed E-state index contributed by atoms with van der Waals surface area (Å²) in [5.41, 5.74) is 8.04. The highest BCUT2D eigenvalue weighted by atomic mass is 16.5. The zero-order chi connectivity index (χ0) is 21.1. The summed E-state index contributed by atoms with van der Waals surface area (Å²) in [6.45, 7) is 1.82. The van der Waals surface area contributed by atoms with Crippen LogP contribution in [0.2, 0.25) is 5.31 Å². The molecule has 3 fully saturated rings. The largest absolute Gasteiger partial charge is 0.466 e. The number of rotatable bonds is 9. The number of hydrazine groups is 1. The SMILES string of the molecule is [B]C12[B]C13CCC(CC/C(N)=N/NN)CC3CC(C(=O)OCCCOC(C)=O)N2. The molecule has 3 radical (unpaired) electrons. The summed E-state index contributed by atoms with van der Waals surface area (Å²) in [7, 11) is 8.72. The minimum Gasteiger partial charge on any atom is -0.466 e. The van der Waals surface area contributed by atoms with Gasteiger partial charge in [-0.3, -0.25) is 9.59 Å². The Kier molecular flexibility index (Phi) is 6.78. The minimum atomic E-state index is -0.591. The summed E-state index contributed by atoms with van der Waals surface area (Å²) >= 11 is 0. The van der Waals surface area contributed by atoms with Gasteiger partial charge < -0.3 is 20.5 Å². The molecule has 5 atom stereocenters. The Morgan fingerprint density at radius 1 is 1.34 bits per heavy atom. The summed E-state index contributed by atoms with van der Waals surface area (Å²) in [6, 6.07) is -0.419. The highest BCUT2D eigenvalue weighted by molar-refractivity contribution is 6.72. The van der Waals surface area contributed by atoms with Gasteiger partial charge in [-0.25, -0.2) is 11.4 Å². The number of amidine groups is 1. The van der Waals surface area contributed by atoms with E-state index < -0.39 is 11.4 Å². The standard InChI is InChI=1S/C18H30B2N5O4/c1-11(26)28-7-2-8-29-16(27)14-10-13-9-12(3-4-15(21)24-25-22)5-6-17(13)18(19,20-17)23-14/h12-14,23,25H,2-10,22H2,1H3,(H2,21,24). The molecular weight excluding hydrogens is 372 g/mol. The lowest BCUT2D eigenvalue weighted by Crippen LogP contribution is -2.55. The molecule has 3 aliphatic rings. The van der Waals surface area contributed by atoms with Crippen molar-refractivity contribution < 1.29 is 19.1 Å². The van der Waals surface area contributed by atoms with Crippen molar-refractivity contribution >= 4 is 32.9 Å². The van der Waals surface area contributed by atoms with Crippen LogP contribution in [-0.2, 0) is 19.1 Å². The van der Waals surface area contributed by atoms with E-state index in [1.54, 1.807) is 0 Å². The fourth-order valence-electron chi connectivity index (χ4n) is 5.05. The summed E-state index contributed by atoms with van der Waals surface area (Å²) < 4.78 is 10.2. The van der Waals surface area contributed by atoms with E-state index in [2.05, 4.69) is 23.2 Å². The molecule has 0 bridgehead atoms. The van der Waals surface area contributed by atoms with Crippen LogP contribution >= 0.6 is 0 Å². The average Bonchev–Trinajstić information content (AvgIpc) is 3.28. The van der Waals surface area contributed by atoms with Gasteiger partial charge >= 0.3 is 11.9 Å². The molecule has 3 rings (SSSR count). The second kappa shape index (κ2) is 8.95. The smallest absolute Gasteiger partial charge is 0.323 e. The summed E-state index contributed by atoms with van der Waals surface area (Å²) in [5, 5.41) is 6.49. The van der Waals surface area contributed by atoms with Gasteiger partial charge in [-0.05, 0) is 36.4 Å². The van der Waals surface area contributed by atoms with Crippen molar-refractivity contribution in [3.05, 3.63) is 0 Å². The maximum atomic E-state index is 12.5. The van der Waals surface area contributed by atoms with Gasteiger partial charge in [-0.1, -0.05) is 18.2 Å². The lowest BCUT2D eigenvalue weighted by Gasteiger charge is -2.47. The highest BCUT2D eigenvalue weighted by Crippen LogP contribution is 2.69. The highest BCUT2D eigenvalue weighted by Gasteiger charge is 2.71. The molecule has 9 nitrogen and oxygen atoms in total. The molecule has 2 aliphatic heterocycles. The Labute approximate surface area is 173 Å². The first-order valence-corrected chi connectivity index (χ1v) is 10.3. The molecule has 29 heavy (non-hydrogen) atoms. The first-order chi connectivity index (χ1) is 13.8. The van der Waals surface area contributed by atoms with E-state index in [1.165, 1.54) is 6.92 Å². The monoisotopic (exact) mass is 402 g/mol. The van der Waals surface area contributed by atoms with Crippen LogP contribution in [0.3, 0.4) is 0 Å². The van der Waals surface area contributed by atoms with E-state index in [0.717, 1.165) is 25.7 Å². The first-order valence-electron chi connectivity index (χ1n) is 10.3. The molecular formula is C18H30B2N5O4. The number of hydrazone groups is 1. The number of nitrogens with two attached hydrogens (primary N) is 2. The third-order valence-electron chi connectivity index (χ3n) is 6.56. The van der Waals surface area contributed by atoms with Crippen molar-refractivity contribution in [2.24, 2.45) is 28.5 Å². The fourth-order valence-corrected chi connectivity index (χ4v) is 5.05. The summed E-state index contributed by atoms with van der Waals surface area (Å²) in [6.07, 6.45) is 5.94. The quantitative estimate of drug-likeness (QED) is 0.0768. The van der Waals surface area contributed by atoms with E-state index >= 15 is 0 Å². The molecule has 11 heteroatoms. The average molecular weight is 402 g/mol. The predicted octanol–water partition coefficient (Wildman–Crippen LogP) is -0.524. The van der Waals surface area contributed by atoms with E-state index in [9.17, 15) is 9.59 Å². The molecule has 1 saturated carbocycles. The number of hydrogen-bond donors (Lipinski definition) is 4. The minimum absolute atomic E-state index is 0.0198. The zero-order valence-corrected chi connectivity index (χ0v) is 17.0. The van der Waals surface area contributed by atoms with E-state index in [4.69, 9.17) is 28.9 Å². The van der Waals surface area contributed by atoms with Crippen LogP contribution in [0.5, 0.6) is 0 Å². The lowest BCUT2D eigenvalue weighted by atomic mass is 9.60. The van der Waals surface area contributed by atoms with Crippen molar-refractivity contribution in [3.8, 4) is 0 Å². The van der Waals surface area contributed by atoms with Crippen LogP contribution in [0.4, 0.5) is 0 Å². The van der Waals surface area contributed by atoms with Crippen LogP contribution in [0.25, 0.3) is 0 Å². The maximum Gasteiger partial charge on any atom is 0.323 e. The molecule has 0 aromatic carbocycles. The van der Waals surface area contributed by atoms with Gasteiger partial charge in [-0.15, -0.1) is 0 Å². The summed E-state index contributed by atoms with van der Waals surface area (Å²) in [5.74, 6) is 5.90. The molecule has 2 heterocycles. The zero-order valence-electron chi connectivity index (χ0n) is 17.0. The molecule has 0 aromatic heterocycles. The first kappa shape index (κ1) is 22.0. The van der Waals surface area contributed by atoms with Gasteiger partial charge in [0, 0.05) is 19.8 Å². The Morgan fingerprint density at radius 3 is 2.83 bits per heavy atom. The van der Waals surface area contributed by atoms with Gasteiger partial charge in [-0.2, -0.15) is 5.10 Å². The lowest BCUT2D eigenvalue weighted by molar-refractivity contribution is -0.148. The molecule has 2 saturated heterocycles. The molecule has 157 valence electrons. The molecule has 1 spiro atoms. The summed E-state index contributed by atoms with van der Waals surface area (Å²) in [4.78, 5) is 23.3. The number of carbonyl (C=O) groups excluding carboxylic acids is 2. The molecule has 0 amide bonds. The third kappa shape index (κ3) is 4.88. The Hall–Kier alpha value is -1.74. The number of ether oxygens (including phenoxy) is 2. The number of esters is 2. The Bertz CT molecular complexity index is 666. The molecule has 6 N–H and O–H groups in total. The van der Waals surface area contributed by atoms with E-state index in [0.29, 0.717) is 36.9 Å². The maximum absolute atomic E-state index is 12.5. The number of hydrogen-bond acceptors (Lipinski definition) is 8. The Morgan fingerprint density at radius 2 is 2.10 bits per heavy atom. The number of piperidine rings is 1. The second-order valence-electron chi connectivity index (χ2n) is 8.46.